The maximum Gasteiger partial charge on any atom is 0.178 e. The number of benzene rings is 1. The van der Waals surface area contributed by atoms with Gasteiger partial charge in [-0.05, 0) is 17.8 Å². The summed E-state index contributed by atoms with van der Waals surface area (Å²) in [6.45, 7) is 0.563. The molecule has 0 spiro atoms. The lowest BCUT2D eigenvalue weighted by atomic mass is 10.2. The van der Waals surface area contributed by atoms with Crippen molar-refractivity contribution in [2.24, 2.45) is 7.05 Å². The van der Waals surface area contributed by atoms with Gasteiger partial charge in [0.2, 0.25) is 0 Å². The first kappa shape index (κ1) is 11.9. The smallest absolute Gasteiger partial charge is 0.178 e. The molecule has 3 aromatic rings. The number of imidazole rings is 1. The van der Waals surface area contributed by atoms with E-state index < -0.39 is 0 Å². The SMILES string of the molecule is Cn1cnc(Cn2c(-c3ccccc3)c[nH]c2=S)n1. The molecule has 1 N–H and O–H groups in total. The van der Waals surface area contributed by atoms with Crippen molar-refractivity contribution in [1.82, 2.24) is 24.3 Å². The number of rotatable bonds is 3. The zero-order valence-corrected chi connectivity index (χ0v) is 11.3. The van der Waals surface area contributed by atoms with Crippen LogP contribution in [0.25, 0.3) is 11.3 Å². The normalized spacial score (nSPS) is 10.8. The molecule has 0 aliphatic carbocycles. The number of hydrogen-bond acceptors (Lipinski definition) is 3. The zero-order valence-electron chi connectivity index (χ0n) is 10.4. The van der Waals surface area contributed by atoms with Crippen LogP contribution in [-0.2, 0) is 13.6 Å². The molecule has 96 valence electrons. The van der Waals surface area contributed by atoms with Crippen molar-refractivity contribution in [3.05, 3.63) is 53.5 Å². The van der Waals surface area contributed by atoms with Gasteiger partial charge in [0.1, 0.15) is 6.33 Å². The summed E-state index contributed by atoms with van der Waals surface area (Å²) < 4.78 is 4.36. The molecule has 5 nitrogen and oxygen atoms in total. The summed E-state index contributed by atoms with van der Waals surface area (Å²) in [5.41, 5.74) is 2.16. The highest BCUT2D eigenvalue weighted by atomic mass is 32.1. The van der Waals surface area contributed by atoms with Gasteiger partial charge in [-0.15, -0.1) is 0 Å². The van der Waals surface area contributed by atoms with E-state index in [1.54, 1.807) is 11.0 Å². The minimum absolute atomic E-state index is 0.563. The van der Waals surface area contributed by atoms with E-state index in [0.29, 0.717) is 11.3 Å². The average Bonchev–Trinajstić information content (AvgIpc) is 2.99. The minimum atomic E-state index is 0.563. The van der Waals surface area contributed by atoms with Gasteiger partial charge in [-0.3, -0.25) is 4.68 Å². The summed E-state index contributed by atoms with van der Waals surface area (Å²) in [7, 11) is 1.85. The van der Waals surface area contributed by atoms with Crippen LogP contribution in [-0.4, -0.2) is 24.3 Å². The molecule has 0 unspecified atom stereocenters. The van der Waals surface area contributed by atoms with E-state index in [1.165, 1.54) is 0 Å². The van der Waals surface area contributed by atoms with E-state index in [2.05, 4.69) is 27.2 Å². The second-order valence-corrected chi connectivity index (χ2v) is 4.65. The summed E-state index contributed by atoms with van der Waals surface area (Å²) in [6.07, 6.45) is 3.61. The molecule has 0 atom stereocenters. The van der Waals surface area contributed by atoms with Gasteiger partial charge < -0.3 is 9.55 Å². The van der Waals surface area contributed by atoms with Gasteiger partial charge in [0.05, 0.1) is 12.2 Å². The molecule has 0 amide bonds. The van der Waals surface area contributed by atoms with Gasteiger partial charge in [-0.1, -0.05) is 30.3 Å². The molecular formula is C13H13N5S. The third-order valence-corrected chi connectivity index (χ3v) is 3.22. The van der Waals surface area contributed by atoms with Crippen LogP contribution in [0.4, 0.5) is 0 Å². The molecule has 0 aliphatic heterocycles. The van der Waals surface area contributed by atoms with Crippen molar-refractivity contribution in [2.45, 2.75) is 6.54 Å². The van der Waals surface area contributed by atoms with Crippen molar-refractivity contribution in [3.63, 3.8) is 0 Å². The molecule has 0 radical (unpaired) electrons. The molecule has 2 aromatic heterocycles. The van der Waals surface area contributed by atoms with Crippen molar-refractivity contribution in [3.8, 4) is 11.3 Å². The molecule has 19 heavy (non-hydrogen) atoms. The second kappa shape index (κ2) is 4.81. The molecule has 6 heteroatoms. The fraction of sp³-hybridized carbons (Fsp3) is 0.154. The van der Waals surface area contributed by atoms with Crippen LogP contribution < -0.4 is 0 Å². The summed E-state index contributed by atoms with van der Waals surface area (Å²) >= 11 is 5.32. The van der Waals surface area contributed by atoms with Crippen LogP contribution in [0.3, 0.4) is 0 Å². The average molecular weight is 271 g/mol. The Bertz CT molecular complexity index is 738. The number of aromatic nitrogens is 5. The lowest BCUT2D eigenvalue weighted by Crippen LogP contribution is -2.04. The number of hydrogen-bond donors (Lipinski definition) is 1. The first-order chi connectivity index (χ1) is 9.24. The third kappa shape index (κ3) is 2.34. The molecule has 0 saturated carbocycles. The molecule has 0 bridgehead atoms. The van der Waals surface area contributed by atoms with Gasteiger partial charge in [-0.2, -0.15) is 5.10 Å². The van der Waals surface area contributed by atoms with Crippen LogP contribution in [0, 0.1) is 4.77 Å². The summed E-state index contributed by atoms with van der Waals surface area (Å²) in [4.78, 5) is 7.32. The molecule has 1 aromatic carbocycles. The molecule has 0 saturated heterocycles. The highest BCUT2D eigenvalue weighted by Gasteiger charge is 2.09. The first-order valence-electron chi connectivity index (χ1n) is 5.92. The van der Waals surface area contributed by atoms with E-state index >= 15 is 0 Å². The van der Waals surface area contributed by atoms with Crippen LogP contribution >= 0.6 is 12.2 Å². The Morgan fingerprint density at radius 2 is 2.05 bits per heavy atom. The monoisotopic (exact) mass is 271 g/mol. The third-order valence-electron chi connectivity index (χ3n) is 2.88. The Labute approximate surface area is 115 Å². The lowest BCUT2D eigenvalue weighted by molar-refractivity contribution is 0.700. The summed E-state index contributed by atoms with van der Waals surface area (Å²) in [5.74, 6) is 0.746. The van der Waals surface area contributed by atoms with Gasteiger partial charge in [0.15, 0.2) is 10.6 Å². The highest BCUT2D eigenvalue weighted by Crippen LogP contribution is 2.19. The van der Waals surface area contributed by atoms with Gasteiger partial charge in [0.25, 0.3) is 0 Å². The maximum atomic E-state index is 5.32. The van der Waals surface area contributed by atoms with E-state index in [4.69, 9.17) is 12.2 Å². The number of aryl methyl sites for hydroxylation is 1. The molecule has 2 heterocycles. The number of nitrogens with one attached hydrogen (secondary N) is 1. The number of aromatic amines is 1. The van der Waals surface area contributed by atoms with Crippen LogP contribution in [0.15, 0.2) is 42.9 Å². The number of H-pyrrole nitrogens is 1. The Hall–Kier alpha value is -2.21. The Kier molecular flexibility index (Phi) is 3.00. The fourth-order valence-corrected chi connectivity index (χ4v) is 2.22. The van der Waals surface area contributed by atoms with Crippen LogP contribution in [0.5, 0.6) is 0 Å². The van der Waals surface area contributed by atoms with Crippen molar-refractivity contribution in [2.75, 3.05) is 0 Å². The van der Waals surface area contributed by atoms with Gasteiger partial charge in [-0.25, -0.2) is 4.98 Å². The lowest BCUT2D eigenvalue weighted by Gasteiger charge is -2.06. The largest absolute Gasteiger partial charge is 0.337 e. The van der Waals surface area contributed by atoms with Crippen LogP contribution in [0.1, 0.15) is 5.82 Å². The van der Waals surface area contributed by atoms with Crippen molar-refractivity contribution >= 4 is 12.2 Å². The molecular weight excluding hydrogens is 258 g/mol. The fourth-order valence-electron chi connectivity index (χ4n) is 2.00. The predicted molar refractivity (Wildman–Crippen MR) is 75.2 cm³/mol. The predicted octanol–water partition coefficient (Wildman–Crippen LogP) is 2.39. The van der Waals surface area contributed by atoms with E-state index in [0.717, 1.165) is 17.1 Å². The minimum Gasteiger partial charge on any atom is -0.337 e. The molecule has 0 fully saturated rings. The van der Waals surface area contributed by atoms with E-state index in [1.807, 2.05) is 36.0 Å². The van der Waals surface area contributed by atoms with Crippen LogP contribution in [0.2, 0.25) is 0 Å². The topological polar surface area (TPSA) is 51.4 Å². The molecule has 3 rings (SSSR count). The first-order valence-corrected chi connectivity index (χ1v) is 6.33. The summed E-state index contributed by atoms with van der Waals surface area (Å²) in [5, 5.41) is 4.29. The standard InChI is InChI=1S/C13H13N5S/c1-17-9-15-12(16-17)8-18-11(7-14-13(18)19)10-5-3-2-4-6-10/h2-7,9H,8H2,1H3,(H,14,19). The Morgan fingerprint density at radius 1 is 1.26 bits per heavy atom. The van der Waals surface area contributed by atoms with Crippen molar-refractivity contribution < 1.29 is 0 Å². The van der Waals surface area contributed by atoms with Gasteiger partial charge >= 0.3 is 0 Å². The number of nitrogens with zero attached hydrogens (tertiary/aromatic N) is 4. The van der Waals surface area contributed by atoms with E-state index in [-0.39, 0.29) is 0 Å². The van der Waals surface area contributed by atoms with E-state index in [9.17, 15) is 0 Å². The zero-order chi connectivity index (χ0) is 13.2. The van der Waals surface area contributed by atoms with Gasteiger partial charge in [0, 0.05) is 13.2 Å². The summed E-state index contributed by atoms with van der Waals surface area (Å²) in [6, 6.07) is 10.1. The maximum absolute atomic E-state index is 5.32. The van der Waals surface area contributed by atoms with Crippen molar-refractivity contribution in [1.29, 1.82) is 0 Å². The Balaban J connectivity index is 2.02. The highest BCUT2D eigenvalue weighted by molar-refractivity contribution is 7.71. The second-order valence-electron chi connectivity index (χ2n) is 4.27. The molecule has 0 aliphatic rings. The quantitative estimate of drug-likeness (QED) is 0.744. The Morgan fingerprint density at radius 3 is 2.74 bits per heavy atom.